The molecule has 0 aromatic carbocycles. The molecule has 0 spiro atoms. The van der Waals surface area contributed by atoms with E-state index in [2.05, 4.69) is 9.62 Å². The van der Waals surface area contributed by atoms with Gasteiger partial charge in [-0.05, 0) is 0 Å². The SMILES string of the molecule is CC.CC(=O)OCC(CO)OO. The van der Waals surface area contributed by atoms with E-state index in [1.165, 1.54) is 6.92 Å². The minimum absolute atomic E-state index is 0.137. The van der Waals surface area contributed by atoms with Gasteiger partial charge in [0, 0.05) is 6.92 Å². The van der Waals surface area contributed by atoms with Gasteiger partial charge < -0.3 is 9.84 Å². The van der Waals surface area contributed by atoms with E-state index in [-0.39, 0.29) is 13.2 Å². The molecule has 0 aliphatic rings. The first-order valence-electron chi connectivity index (χ1n) is 3.75. The molecule has 1 atom stereocenters. The summed E-state index contributed by atoms with van der Waals surface area (Å²) in [6.45, 7) is 4.71. The summed E-state index contributed by atoms with van der Waals surface area (Å²) in [7, 11) is 0. The number of aliphatic hydroxyl groups is 1. The number of aliphatic hydroxyl groups excluding tert-OH is 1. The van der Waals surface area contributed by atoms with E-state index in [4.69, 9.17) is 10.4 Å². The van der Waals surface area contributed by atoms with Crippen LogP contribution >= 0.6 is 0 Å². The normalized spacial score (nSPS) is 11.1. The van der Waals surface area contributed by atoms with Gasteiger partial charge >= 0.3 is 5.97 Å². The van der Waals surface area contributed by atoms with Gasteiger partial charge in [-0.3, -0.25) is 10.1 Å². The van der Waals surface area contributed by atoms with Crippen molar-refractivity contribution in [3.05, 3.63) is 0 Å². The summed E-state index contributed by atoms with van der Waals surface area (Å²) >= 11 is 0. The van der Waals surface area contributed by atoms with Crippen molar-refractivity contribution in [2.45, 2.75) is 26.9 Å². The molecule has 5 heteroatoms. The number of esters is 1. The van der Waals surface area contributed by atoms with E-state index in [1.54, 1.807) is 0 Å². The first-order valence-corrected chi connectivity index (χ1v) is 3.75. The van der Waals surface area contributed by atoms with Crippen molar-refractivity contribution in [2.24, 2.45) is 0 Å². The van der Waals surface area contributed by atoms with Gasteiger partial charge in [-0.15, -0.1) is 0 Å². The molecule has 1 unspecified atom stereocenters. The lowest BCUT2D eigenvalue weighted by Crippen LogP contribution is -2.23. The maximum absolute atomic E-state index is 10.1. The average molecular weight is 180 g/mol. The van der Waals surface area contributed by atoms with Gasteiger partial charge in [0.2, 0.25) is 0 Å². The molecule has 0 saturated carbocycles. The van der Waals surface area contributed by atoms with Crippen LogP contribution in [0.5, 0.6) is 0 Å². The molecule has 0 heterocycles. The first-order chi connectivity index (χ1) is 5.70. The van der Waals surface area contributed by atoms with Crippen LogP contribution in [0.1, 0.15) is 20.8 Å². The topological polar surface area (TPSA) is 76.0 Å². The molecule has 0 aliphatic carbocycles. The van der Waals surface area contributed by atoms with Gasteiger partial charge in [0.1, 0.15) is 12.7 Å². The number of ether oxygens (including phenoxy) is 1. The molecule has 0 aromatic heterocycles. The van der Waals surface area contributed by atoms with E-state index in [9.17, 15) is 4.79 Å². The number of carbonyl (C=O) groups is 1. The molecule has 0 radical (unpaired) electrons. The smallest absolute Gasteiger partial charge is 0.302 e. The molecule has 0 aliphatic heterocycles. The predicted octanol–water partition coefficient (Wildman–Crippen LogP) is 0.426. The Hall–Kier alpha value is -0.650. The van der Waals surface area contributed by atoms with Gasteiger partial charge in [-0.2, -0.15) is 0 Å². The molecule has 74 valence electrons. The third-order valence-electron chi connectivity index (χ3n) is 0.825. The molecular weight excluding hydrogens is 164 g/mol. The maximum Gasteiger partial charge on any atom is 0.302 e. The predicted molar refractivity (Wildman–Crippen MR) is 42.6 cm³/mol. The summed E-state index contributed by atoms with van der Waals surface area (Å²) in [6.07, 6.45) is -0.844. The second-order valence-electron chi connectivity index (χ2n) is 1.71. The minimum Gasteiger partial charge on any atom is -0.463 e. The van der Waals surface area contributed by atoms with E-state index >= 15 is 0 Å². The van der Waals surface area contributed by atoms with Crippen molar-refractivity contribution in [1.82, 2.24) is 0 Å². The Morgan fingerprint density at radius 2 is 2.00 bits per heavy atom. The van der Waals surface area contributed by atoms with Crippen LogP contribution in [0.3, 0.4) is 0 Å². The fourth-order valence-electron chi connectivity index (χ4n) is 0.327. The van der Waals surface area contributed by atoms with Crippen molar-refractivity contribution in [1.29, 1.82) is 0 Å². The number of hydrogen-bond donors (Lipinski definition) is 2. The van der Waals surface area contributed by atoms with Gasteiger partial charge in [-0.1, -0.05) is 13.8 Å². The Kier molecular flexibility index (Phi) is 12.0. The molecule has 0 amide bonds. The summed E-state index contributed by atoms with van der Waals surface area (Å²) < 4.78 is 4.40. The van der Waals surface area contributed by atoms with Crippen molar-refractivity contribution in [3.63, 3.8) is 0 Å². The molecule has 0 bridgehead atoms. The van der Waals surface area contributed by atoms with Crippen molar-refractivity contribution in [3.8, 4) is 0 Å². The van der Waals surface area contributed by atoms with Gasteiger partial charge in [0.05, 0.1) is 6.61 Å². The molecule has 0 aromatic rings. The Bertz CT molecular complexity index is 100.0. The van der Waals surface area contributed by atoms with Crippen molar-refractivity contribution >= 4 is 5.97 Å². The summed E-state index contributed by atoms with van der Waals surface area (Å²) in [5, 5.41) is 16.4. The third kappa shape index (κ3) is 9.35. The highest BCUT2D eigenvalue weighted by molar-refractivity contribution is 5.65. The van der Waals surface area contributed by atoms with Crippen molar-refractivity contribution < 1.29 is 24.8 Å². The van der Waals surface area contributed by atoms with Gasteiger partial charge in [0.15, 0.2) is 0 Å². The quantitative estimate of drug-likeness (QED) is 0.372. The van der Waals surface area contributed by atoms with E-state index in [0.29, 0.717) is 0 Å². The van der Waals surface area contributed by atoms with Crippen LogP contribution in [0.2, 0.25) is 0 Å². The van der Waals surface area contributed by atoms with Crippen LogP contribution in [-0.2, 0) is 14.4 Å². The zero-order chi connectivity index (χ0) is 9.98. The summed E-state index contributed by atoms with van der Waals surface area (Å²) in [4.78, 5) is 13.9. The Labute approximate surface area is 71.8 Å². The maximum atomic E-state index is 10.1. The lowest BCUT2D eigenvalue weighted by molar-refractivity contribution is -0.291. The molecule has 0 saturated heterocycles. The molecule has 5 nitrogen and oxygen atoms in total. The Morgan fingerprint density at radius 1 is 1.50 bits per heavy atom. The Balaban J connectivity index is 0. The highest BCUT2D eigenvalue weighted by Crippen LogP contribution is 1.89. The number of rotatable bonds is 4. The second-order valence-corrected chi connectivity index (χ2v) is 1.71. The lowest BCUT2D eigenvalue weighted by Gasteiger charge is -2.08. The molecular formula is C7H16O5. The molecule has 2 N–H and O–H groups in total. The van der Waals surface area contributed by atoms with E-state index < -0.39 is 12.1 Å². The van der Waals surface area contributed by atoms with Crippen molar-refractivity contribution in [2.75, 3.05) is 13.2 Å². The largest absolute Gasteiger partial charge is 0.463 e. The highest BCUT2D eigenvalue weighted by atomic mass is 17.1. The third-order valence-corrected chi connectivity index (χ3v) is 0.825. The fraction of sp³-hybridized carbons (Fsp3) is 0.857. The number of carbonyl (C=O) groups excluding carboxylic acids is 1. The molecule has 12 heavy (non-hydrogen) atoms. The minimum atomic E-state index is -0.844. The van der Waals surface area contributed by atoms with Crippen LogP contribution in [-0.4, -0.2) is 35.7 Å². The fourth-order valence-corrected chi connectivity index (χ4v) is 0.327. The van der Waals surface area contributed by atoms with E-state index in [1.807, 2.05) is 13.8 Å². The summed E-state index contributed by atoms with van der Waals surface area (Å²) in [6, 6.07) is 0. The zero-order valence-electron chi connectivity index (χ0n) is 7.61. The van der Waals surface area contributed by atoms with Gasteiger partial charge in [-0.25, -0.2) is 4.89 Å². The van der Waals surface area contributed by atoms with E-state index in [0.717, 1.165) is 0 Å². The van der Waals surface area contributed by atoms with Crippen LogP contribution in [0.15, 0.2) is 0 Å². The van der Waals surface area contributed by atoms with Crippen LogP contribution in [0.4, 0.5) is 0 Å². The second kappa shape index (κ2) is 10.3. The summed E-state index contributed by atoms with van der Waals surface area (Å²) in [5.41, 5.74) is 0. The first kappa shape index (κ1) is 13.9. The summed E-state index contributed by atoms with van der Waals surface area (Å²) in [5.74, 6) is -0.476. The van der Waals surface area contributed by atoms with Crippen LogP contribution in [0.25, 0.3) is 0 Å². The number of hydrogen-bond acceptors (Lipinski definition) is 5. The zero-order valence-corrected chi connectivity index (χ0v) is 7.61. The monoisotopic (exact) mass is 180 g/mol. The standard InChI is InChI=1S/C5H10O5.C2H6/c1-4(7)9-3-5(2-6)10-8;1-2/h5-6,8H,2-3H2,1H3;1-2H3. The van der Waals surface area contributed by atoms with Crippen LogP contribution < -0.4 is 0 Å². The highest BCUT2D eigenvalue weighted by Gasteiger charge is 2.08. The molecule has 0 fully saturated rings. The Morgan fingerprint density at radius 3 is 2.25 bits per heavy atom. The van der Waals surface area contributed by atoms with Crippen LogP contribution in [0, 0.1) is 0 Å². The van der Waals surface area contributed by atoms with Gasteiger partial charge in [0.25, 0.3) is 0 Å². The average Bonchev–Trinajstić information content (AvgIpc) is 2.09. The lowest BCUT2D eigenvalue weighted by atomic mass is 10.4. The molecule has 0 rings (SSSR count).